The minimum absolute atomic E-state index is 0.0186. The number of aromatic amines is 1. The lowest BCUT2D eigenvalue weighted by atomic mass is 9.88. The molecule has 1 aromatic heterocycles. The maximum absolute atomic E-state index is 12.5. The molecule has 2 atom stereocenters. The molecule has 1 aromatic carbocycles. The lowest BCUT2D eigenvalue weighted by Crippen LogP contribution is -2.47. The van der Waals surface area contributed by atoms with E-state index in [4.69, 9.17) is 4.74 Å². The molecule has 2 heterocycles. The maximum atomic E-state index is 12.5. The van der Waals surface area contributed by atoms with Crippen LogP contribution >= 0.6 is 0 Å². The van der Waals surface area contributed by atoms with Gasteiger partial charge in [-0.2, -0.15) is 5.10 Å². The molecule has 0 unspecified atom stereocenters. The molecule has 5 nitrogen and oxygen atoms in total. The quantitative estimate of drug-likeness (QED) is 0.941. The van der Waals surface area contributed by atoms with Crippen molar-refractivity contribution in [2.75, 3.05) is 20.2 Å². The van der Waals surface area contributed by atoms with Crippen molar-refractivity contribution in [2.24, 2.45) is 5.92 Å². The number of carbonyl (C=O) groups is 1. The number of likely N-dealkylation sites (tertiary alicyclic amines) is 1. The number of hydrogen-bond donors (Lipinski definition) is 1. The maximum Gasteiger partial charge on any atom is 0.271 e. The summed E-state index contributed by atoms with van der Waals surface area (Å²) in [5.74, 6) is 0.332. The van der Waals surface area contributed by atoms with E-state index in [1.165, 1.54) is 5.56 Å². The van der Waals surface area contributed by atoms with Gasteiger partial charge in [0.05, 0.1) is 6.10 Å². The molecular formula is C17H21N3O2. The number of nitrogens with zero attached hydrogens (tertiary/aromatic N) is 2. The molecule has 2 aromatic rings. The average molecular weight is 299 g/mol. The number of methoxy groups -OCH3 is 1. The number of benzene rings is 1. The molecule has 0 radical (unpaired) electrons. The van der Waals surface area contributed by atoms with Gasteiger partial charge in [0.2, 0.25) is 0 Å². The molecule has 116 valence electrons. The van der Waals surface area contributed by atoms with Gasteiger partial charge >= 0.3 is 0 Å². The smallest absolute Gasteiger partial charge is 0.271 e. The highest BCUT2D eigenvalue weighted by molar-refractivity contribution is 5.92. The van der Waals surface area contributed by atoms with Crippen LogP contribution in [-0.2, 0) is 11.2 Å². The second-order valence-corrected chi connectivity index (χ2v) is 5.73. The summed E-state index contributed by atoms with van der Waals surface area (Å²) in [6, 6.07) is 12.1. The SMILES string of the molecule is CO[C@@H]1CCN(C(=O)c2ccn[nH]2)C[C@H]1Cc1ccccc1. The summed E-state index contributed by atoms with van der Waals surface area (Å²) in [6.07, 6.45) is 3.60. The Balaban J connectivity index is 1.71. The van der Waals surface area contributed by atoms with E-state index in [-0.39, 0.29) is 12.0 Å². The van der Waals surface area contributed by atoms with E-state index in [0.717, 1.165) is 19.4 Å². The number of carbonyl (C=O) groups excluding carboxylic acids is 1. The van der Waals surface area contributed by atoms with Gasteiger partial charge < -0.3 is 9.64 Å². The molecule has 1 saturated heterocycles. The Labute approximate surface area is 130 Å². The van der Waals surface area contributed by atoms with Crippen LogP contribution in [0.2, 0.25) is 0 Å². The summed E-state index contributed by atoms with van der Waals surface area (Å²) in [5.41, 5.74) is 1.83. The lowest BCUT2D eigenvalue weighted by molar-refractivity contribution is -0.00317. The Morgan fingerprint density at radius 1 is 1.36 bits per heavy atom. The number of rotatable bonds is 4. The second kappa shape index (κ2) is 6.75. The van der Waals surface area contributed by atoms with Crippen LogP contribution in [0.4, 0.5) is 0 Å². The highest BCUT2D eigenvalue weighted by Gasteiger charge is 2.32. The molecule has 1 amide bonds. The molecule has 5 heteroatoms. The molecule has 1 N–H and O–H groups in total. The van der Waals surface area contributed by atoms with E-state index in [2.05, 4.69) is 22.3 Å². The van der Waals surface area contributed by atoms with Crippen molar-refractivity contribution in [2.45, 2.75) is 18.9 Å². The molecule has 0 aliphatic carbocycles. The lowest BCUT2D eigenvalue weighted by Gasteiger charge is -2.37. The molecule has 22 heavy (non-hydrogen) atoms. The van der Waals surface area contributed by atoms with Gasteiger partial charge in [0, 0.05) is 32.3 Å². The Kier molecular flexibility index (Phi) is 4.53. The van der Waals surface area contributed by atoms with Crippen LogP contribution in [0.1, 0.15) is 22.5 Å². The fourth-order valence-corrected chi connectivity index (χ4v) is 3.16. The third-order valence-corrected chi connectivity index (χ3v) is 4.33. The van der Waals surface area contributed by atoms with Crippen molar-refractivity contribution in [1.29, 1.82) is 0 Å². The van der Waals surface area contributed by atoms with E-state index in [9.17, 15) is 4.79 Å². The van der Waals surface area contributed by atoms with Gasteiger partial charge in [0.25, 0.3) is 5.91 Å². The normalized spacial score (nSPS) is 21.8. The average Bonchev–Trinajstić information content (AvgIpc) is 3.09. The predicted octanol–water partition coefficient (Wildman–Crippen LogP) is 2.13. The zero-order chi connectivity index (χ0) is 15.4. The first-order valence-corrected chi connectivity index (χ1v) is 7.63. The van der Waals surface area contributed by atoms with Gasteiger partial charge in [-0.05, 0) is 24.5 Å². The summed E-state index contributed by atoms with van der Waals surface area (Å²) in [5, 5.41) is 6.61. The zero-order valence-electron chi connectivity index (χ0n) is 12.7. The van der Waals surface area contributed by atoms with Crippen molar-refractivity contribution in [3.63, 3.8) is 0 Å². The molecule has 0 spiro atoms. The van der Waals surface area contributed by atoms with Crippen molar-refractivity contribution < 1.29 is 9.53 Å². The Hall–Kier alpha value is -2.14. The third-order valence-electron chi connectivity index (χ3n) is 4.33. The van der Waals surface area contributed by atoms with E-state index in [1.54, 1.807) is 19.4 Å². The van der Waals surface area contributed by atoms with Gasteiger partial charge in [-0.25, -0.2) is 0 Å². The summed E-state index contributed by atoms with van der Waals surface area (Å²) in [7, 11) is 1.76. The van der Waals surface area contributed by atoms with E-state index in [0.29, 0.717) is 18.2 Å². The first kappa shape index (κ1) is 14.8. The molecule has 1 aliphatic heterocycles. The van der Waals surface area contributed by atoms with Crippen molar-refractivity contribution in [3.05, 3.63) is 53.9 Å². The van der Waals surface area contributed by atoms with Crippen LogP contribution in [0.25, 0.3) is 0 Å². The fraction of sp³-hybridized carbons (Fsp3) is 0.412. The van der Waals surface area contributed by atoms with Crippen LogP contribution in [0.15, 0.2) is 42.6 Å². The second-order valence-electron chi connectivity index (χ2n) is 5.73. The van der Waals surface area contributed by atoms with Crippen LogP contribution in [-0.4, -0.2) is 47.3 Å². The number of ether oxygens (including phenoxy) is 1. The van der Waals surface area contributed by atoms with Crippen LogP contribution in [0.5, 0.6) is 0 Å². The highest BCUT2D eigenvalue weighted by Crippen LogP contribution is 2.24. The summed E-state index contributed by atoms with van der Waals surface area (Å²) < 4.78 is 5.64. The number of piperidine rings is 1. The summed E-state index contributed by atoms with van der Waals surface area (Å²) >= 11 is 0. The predicted molar refractivity (Wildman–Crippen MR) is 83.5 cm³/mol. The molecule has 1 aliphatic rings. The number of amides is 1. The molecule has 0 bridgehead atoms. The van der Waals surface area contributed by atoms with Crippen LogP contribution < -0.4 is 0 Å². The first-order chi connectivity index (χ1) is 10.8. The summed E-state index contributed by atoms with van der Waals surface area (Å²) in [4.78, 5) is 14.4. The molecular weight excluding hydrogens is 278 g/mol. The van der Waals surface area contributed by atoms with Gasteiger partial charge in [0.1, 0.15) is 5.69 Å². The monoisotopic (exact) mass is 299 g/mol. The molecule has 0 saturated carbocycles. The van der Waals surface area contributed by atoms with Gasteiger partial charge in [-0.3, -0.25) is 9.89 Å². The minimum atomic E-state index is 0.0186. The van der Waals surface area contributed by atoms with Crippen molar-refractivity contribution in [1.82, 2.24) is 15.1 Å². The number of hydrogen-bond acceptors (Lipinski definition) is 3. The molecule has 1 fully saturated rings. The van der Waals surface area contributed by atoms with E-state index < -0.39 is 0 Å². The highest BCUT2D eigenvalue weighted by atomic mass is 16.5. The minimum Gasteiger partial charge on any atom is -0.381 e. The fourth-order valence-electron chi connectivity index (χ4n) is 3.16. The Bertz CT molecular complexity index is 598. The number of aromatic nitrogens is 2. The van der Waals surface area contributed by atoms with Crippen LogP contribution in [0.3, 0.4) is 0 Å². The van der Waals surface area contributed by atoms with Crippen LogP contribution in [0, 0.1) is 5.92 Å². The number of nitrogens with one attached hydrogen (secondary N) is 1. The van der Waals surface area contributed by atoms with Gasteiger partial charge in [-0.15, -0.1) is 0 Å². The van der Waals surface area contributed by atoms with Crippen molar-refractivity contribution >= 4 is 5.91 Å². The molecule has 3 rings (SSSR count). The Morgan fingerprint density at radius 2 is 2.18 bits per heavy atom. The van der Waals surface area contributed by atoms with E-state index in [1.807, 2.05) is 23.1 Å². The number of H-pyrrole nitrogens is 1. The van der Waals surface area contributed by atoms with Crippen molar-refractivity contribution in [3.8, 4) is 0 Å². The van der Waals surface area contributed by atoms with Gasteiger partial charge in [0.15, 0.2) is 0 Å². The Morgan fingerprint density at radius 3 is 2.86 bits per heavy atom. The third kappa shape index (κ3) is 3.20. The van der Waals surface area contributed by atoms with E-state index >= 15 is 0 Å². The first-order valence-electron chi connectivity index (χ1n) is 7.63. The van der Waals surface area contributed by atoms with Gasteiger partial charge in [-0.1, -0.05) is 30.3 Å². The standard InChI is InChI=1S/C17H21N3O2/c1-22-16-8-10-20(17(21)15-7-9-18-19-15)12-14(16)11-13-5-3-2-4-6-13/h2-7,9,14,16H,8,10-12H2,1H3,(H,18,19)/t14-,16-/m1/s1. The topological polar surface area (TPSA) is 58.2 Å². The zero-order valence-corrected chi connectivity index (χ0v) is 12.7. The largest absolute Gasteiger partial charge is 0.381 e. The summed E-state index contributed by atoms with van der Waals surface area (Å²) in [6.45, 7) is 1.44.